The number of nitrogens with one attached hydrogen (secondary N) is 1. The van der Waals surface area contributed by atoms with Crippen LogP contribution in [0.5, 0.6) is 5.75 Å². The zero-order valence-electron chi connectivity index (χ0n) is 12.7. The maximum absolute atomic E-state index is 12.6. The first kappa shape index (κ1) is 14.9. The van der Waals surface area contributed by atoms with Gasteiger partial charge in [0.1, 0.15) is 17.3 Å². The Labute approximate surface area is 139 Å². The van der Waals surface area contributed by atoms with E-state index in [-0.39, 0.29) is 11.5 Å². The van der Waals surface area contributed by atoms with Crippen molar-refractivity contribution in [3.63, 3.8) is 0 Å². The van der Waals surface area contributed by atoms with Crippen molar-refractivity contribution in [2.75, 3.05) is 6.61 Å². The van der Waals surface area contributed by atoms with Crippen molar-refractivity contribution in [3.8, 4) is 11.4 Å². The van der Waals surface area contributed by atoms with Gasteiger partial charge >= 0.3 is 0 Å². The normalized spacial score (nSPS) is 16.6. The molecule has 4 rings (SSSR count). The van der Waals surface area contributed by atoms with Gasteiger partial charge in [-0.1, -0.05) is 36.4 Å². The summed E-state index contributed by atoms with van der Waals surface area (Å²) in [6, 6.07) is 16.4. The lowest BCUT2D eigenvalue weighted by Gasteiger charge is -2.11. The molecule has 1 unspecified atom stereocenters. The lowest BCUT2D eigenvalue weighted by molar-refractivity contribution is 0.325. The van der Waals surface area contributed by atoms with Crippen LogP contribution in [0.1, 0.15) is 11.6 Å². The van der Waals surface area contributed by atoms with E-state index < -0.39 is 16.1 Å². The number of hydrogen-bond acceptors (Lipinski definition) is 4. The Bertz CT molecular complexity index is 968. The number of hydrogen-bond donors (Lipinski definition) is 1. The Morgan fingerprint density at radius 2 is 1.83 bits per heavy atom. The van der Waals surface area contributed by atoms with Crippen LogP contribution in [0.15, 0.2) is 71.9 Å². The monoisotopic (exact) mass is 341 g/mol. The van der Waals surface area contributed by atoms with Crippen molar-refractivity contribution in [1.29, 1.82) is 0 Å². The van der Waals surface area contributed by atoms with Crippen LogP contribution < -0.4 is 9.46 Å². The van der Waals surface area contributed by atoms with Gasteiger partial charge in [0.2, 0.25) is 10.0 Å². The molecule has 0 fully saturated rings. The fraction of sp³-hybridized carbons (Fsp3) is 0.118. The van der Waals surface area contributed by atoms with Crippen LogP contribution in [-0.4, -0.2) is 24.8 Å². The van der Waals surface area contributed by atoms with Crippen LogP contribution in [-0.2, 0) is 10.0 Å². The Balaban J connectivity index is 1.59. The molecule has 1 N–H and O–H groups in total. The summed E-state index contributed by atoms with van der Waals surface area (Å²) < 4.78 is 35.0. The van der Waals surface area contributed by atoms with E-state index in [0.29, 0.717) is 5.75 Å². The van der Waals surface area contributed by atoms with Gasteiger partial charge in [-0.25, -0.2) is 13.1 Å². The van der Waals surface area contributed by atoms with Gasteiger partial charge in [-0.2, -0.15) is 9.82 Å². The third-order valence-corrected chi connectivity index (χ3v) is 5.31. The van der Waals surface area contributed by atoms with Crippen LogP contribution in [0.25, 0.3) is 5.69 Å². The van der Waals surface area contributed by atoms with E-state index in [1.165, 1.54) is 17.1 Å². The van der Waals surface area contributed by atoms with Crippen molar-refractivity contribution in [1.82, 2.24) is 14.5 Å². The molecule has 6 nitrogen and oxygen atoms in total. The molecule has 1 aliphatic heterocycles. The highest BCUT2D eigenvalue weighted by atomic mass is 32.2. The Morgan fingerprint density at radius 3 is 2.67 bits per heavy atom. The topological polar surface area (TPSA) is 73.2 Å². The standard InChI is InChI=1S/C17H15N3O3S/c21-24(22,19-16-12-23-17-9-5-4-8-15(16)17)14-10-18-20(11-14)13-6-2-1-3-7-13/h1-11,16,19H,12H2. The first-order valence-corrected chi connectivity index (χ1v) is 8.96. The molecule has 0 spiro atoms. The van der Waals surface area contributed by atoms with Crippen LogP contribution in [0, 0.1) is 0 Å². The molecule has 1 aromatic heterocycles. The highest BCUT2D eigenvalue weighted by Crippen LogP contribution is 2.32. The summed E-state index contributed by atoms with van der Waals surface area (Å²) in [4.78, 5) is 0.121. The summed E-state index contributed by atoms with van der Waals surface area (Å²) in [5, 5.41) is 4.14. The molecule has 0 amide bonds. The van der Waals surface area contributed by atoms with Crippen molar-refractivity contribution < 1.29 is 13.2 Å². The van der Waals surface area contributed by atoms with E-state index in [1.807, 2.05) is 54.6 Å². The summed E-state index contributed by atoms with van der Waals surface area (Å²) >= 11 is 0. The van der Waals surface area contributed by atoms with Crippen LogP contribution >= 0.6 is 0 Å². The van der Waals surface area contributed by atoms with E-state index in [4.69, 9.17) is 4.74 Å². The molecule has 0 bridgehead atoms. The lowest BCUT2D eigenvalue weighted by atomic mass is 10.1. The number of rotatable bonds is 4. The number of sulfonamides is 1. The SMILES string of the molecule is O=S(=O)(NC1COc2ccccc21)c1cnn(-c2ccccc2)c1. The van der Waals surface area contributed by atoms with E-state index in [0.717, 1.165) is 11.3 Å². The van der Waals surface area contributed by atoms with Crippen molar-refractivity contribution in [2.24, 2.45) is 0 Å². The molecule has 2 heterocycles. The van der Waals surface area contributed by atoms with Gasteiger partial charge < -0.3 is 4.74 Å². The van der Waals surface area contributed by atoms with Crippen molar-refractivity contribution in [3.05, 3.63) is 72.6 Å². The number of para-hydroxylation sites is 2. The van der Waals surface area contributed by atoms with Gasteiger partial charge in [-0.15, -0.1) is 0 Å². The van der Waals surface area contributed by atoms with E-state index >= 15 is 0 Å². The Morgan fingerprint density at radius 1 is 1.08 bits per heavy atom. The van der Waals surface area contributed by atoms with E-state index in [9.17, 15) is 8.42 Å². The maximum atomic E-state index is 12.6. The zero-order valence-corrected chi connectivity index (χ0v) is 13.5. The molecule has 7 heteroatoms. The number of fused-ring (bicyclic) bond motifs is 1. The smallest absolute Gasteiger partial charge is 0.244 e. The molecule has 1 aliphatic rings. The molecule has 24 heavy (non-hydrogen) atoms. The van der Waals surface area contributed by atoms with Gasteiger partial charge in [0.25, 0.3) is 0 Å². The van der Waals surface area contributed by atoms with Crippen molar-refractivity contribution >= 4 is 10.0 Å². The van der Waals surface area contributed by atoms with E-state index in [1.54, 1.807) is 0 Å². The largest absolute Gasteiger partial charge is 0.491 e. The molecule has 1 atom stereocenters. The minimum absolute atomic E-state index is 0.121. The third kappa shape index (κ3) is 2.68. The van der Waals surface area contributed by atoms with E-state index in [2.05, 4.69) is 9.82 Å². The summed E-state index contributed by atoms with van der Waals surface area (Å²) in [6.45, 7) is 0.283. The minimum Gasteiger partial charge on any atom is -0.491 e. The molecule has 0 saturated heterocycles. The predicted octanol–water partition coefficient (Wildman–Crippen LogP) is 2.28. The quantitative estimate of drug-likeness (QED) is 0.790. The zero-order chi connectivity index (χ0) is 16.6. The average Bonchev–Trinajstić information content (AvgIpc) is 3.24. The predicted molar refractivity (Wildman–Crippen MR) is 88.6 cm³/mol. The summed E-state index contributed by atoms with van der Waals surface area (Å²) in [6.07, 6.45) is 2.84. The fourth-order valence-electron chi connectivity index (χ4n) is 2.68. The van der Waals surface area contributed by atoms with Gasteiger partial charge in [0.15, 0.2) is 0 Å². The lowest BCUT2D eigenvalue weighted by Crippen LogP contribution is -2.29. The number of aromatic nitrogens is 2. The average molecular weight is 341 g/mol. The molecule has 0 aliphatic carbocycles. The number of benzene rings is 2. The van der Waals surface area contributed by atoms with Gasteiger partial charge in [0, 0.05) is 5.56 Å². The first-order valence-electron chi connectivity index (χ1n) is 7.48. The highest BCUT2D eigenvalue weighted by Gasteiger charge is 2.29. The molecular formula is C17H15N3O3S. The number of ether oxygens (including phenoxy) is 1. The van der Waals surface area contributed by atoms with Crippen LogP contribution in [0.3, 0.4) is 0 Å². The van der Waals surface area contributed by atoms with Crippen LogP contribution in [0.2, 0.25) is 0 Å². The van der Waals surface area contributed by atoms with Crippen LogP contribution in [0.4, 0.5) is 0 Å². The van der Waals surface area contributed by atoms with Gasteiger partial charge in [-0.05, 0) is 18.2 Å². The molecular weight excluding hydrogens is 326 g/mol. The summed E-state index contributed by atoms with van der Waals surface area (Å²) in [5.41, 5.74) is 1.64. The second-order valence-electron chi connectivity index (χ2n) is 5.48. The third-order valence-electron chi connectivity index (χ3n) is 3.89. The first-order chi connectivity index (χ1) is 11.6. The summed E-state index contributed by atoms with van der Waals surface area (Å²) in [5.74, 6) is 0.713. The molecule has 2 aromatic carbocycles. The van der Waals surface area contributed by atoms with Gasteiger partial charge in [0.05, 0.1) is 24.1 Å². The van der Waals surface area contributed by atoms with Crippen molar-refractivity contribution in [2.45, 2.75) is 10.9 Å². The molecule has 122 valence electrons. The molecule has 0 saturated carbocycles. The second kappa shape index (κ2) is 5.77. The fourth-order valence-corrected chi connectivity index (χ4v) is 3.81. The summed E-state index contributed by atoms with van der Waals surface area (Å²) in [7, 11) is -3.69. The maximum Gasteiger partial charge on any atom is 0.244 e. The molecule has 0 radical (unpaired) electrons. The number of nitrogens with zero attached hydrogens (tertiary/aromatic N) is 2. The Kier molecular flexibility index (Phi) is 3.59. The van der Waals surface area contributed by atoms with Gasteiger partial charge in [-0.3, -0.25) is 0 Å². The highest BCUT2D eigenvalue weighted by molar-refractivity contribution is 7.89. The Hall–Kier alpha value is -2.64. The minimum atomic E-state index is -3.69. The molecule has 3 aromatic rings. The second-order valence-corrected chi connectivity index (χ2v) is 7.19.